The number of carbonyl (C=O) groups excluding carboxylic acids is 1. The van der Waals surface area contributed by atoms with E-state index < -0.39 is 0 Å². The molecule has 1 aliphatic carbocycles. The molecule has 2 heterocycles. The van der Waals surface area contributed by atoms with E-state index in [4.69, 9.17) is 4.74 Å². The lowest BCUT2D eigenvalue weighted by molar-refractivity contribution is -0.127. The zero-order valence-electron chi connectivity index (χ0n) is 13.6. The number of ether oxygens (including phenoxy) is 1. The molecule has 2 saturated heterocycles. The minimum atomic E-state index is -0.219. The first kappa shape index (κ1) is 16.2. The van der Waals surface area contributed by atoms with E-state index in [2.05, 4.69) is 17.6 Å². The second kappa shape index (κ2) is 6.85. The van der Waals surface area contributed by atoms with Gasteiger partial charge in [0.2, 0.25) is 5.91 Å². The average molecular weight is 310 g/mol. The van der Waals surface area contributed by atoms with Crippen LogP contribution in [0.3, 0.4) is 0 Å². The van der Waals surface area contributed by atoms with Crippen LogP contribution in [0.25, 0.3) is 0 Å². The Kier molecular flexibility index (Phi) is 5.05. The van der Waals surface area contributed by atoms with Gasteiger partial charge in [-0.05, 0) is 32.1 Å². The van der Waals surface area contributed by atoms with Crippen LogP contribution in [0.1, 0.15) is 51.9 Å². The maximum atomic E-state index is 12.2. The number of fused-ring (bicyclic) bond motifs is 1. The van der Waals surface area contributed by atoms with E-state index in [0.717, 1.165) is 38.5 Å². The Hall–Kier alpha value is -0.650. The van der Waals surface area contributed by atoms with Crippen molar-refractivity contribution in [2.24, 2.45) is 11.3 Å². The van der Waals surface area contributed by atoms with Gasteiger partial charge in [-0.15, -0.1) is 0 Å². The number of aliphatic hydroxyl groups is 1. The first-order valence-electron chi connectivity index (χ1n) is 8.89. The smallest absolute Gasteiger partial charge is 0.223 e. The minimum absolute atomic E-state index is 0.0371. The highest BCUT2D eigenvalue weighted by atomic mass is 16.5. The van der Waals surface area contributed by atoms with E-state index >= 15 is 0 Å². The maximum Gasteiger partial charge on any atom is 0.223 e. The van der Waals surface area contributed by atoms with E-state index in [1.165, 1.54) is 6.42 Å². The molecule has 3 fully saturated rings. The Balaban J connectivity index is 1.51. The molecule has 2 aliphatic heterocycles. The third-order valence-corrected chi connectivity index (χ3v) is 6.02. The molecule has 5 nitrogen and oxygen atoms in total. The summed E-state index contributed by atoms with van der Waals surface area (Å²) >= 11 is 0. The van der Waals surface area contributed by atoms with Crippen molar-refractivity contribution in [3.8, 4) is 0 Å². The zero-order chi connectivity index (χ0) is 15.6. The van der Waals surface area contributed by atoms with Crippen molar-refractivity contribution in [3.63, 3.8) is 0 Å². The van der Waals surface area contributed by atoms with Gasteiger partial charge in [-0.25, -0.2) is 0 Å². The van der Waals surface area contributed by atoms with E-state index in [1.807, 2.05) is 0 Å². The summed E-state index contributed by atoms with van der Waals surface area (Å²) in [5.41, 5.74) is -0.0371. The van der Waals surface area contributed by atoms with Crippen molar-refractivity contribution in [3.05, 3.63) is 0 Å². The highest BCUT2D eigenvalue weighted by Gasteiger charge is 2.48. The molecule has 1 saturated carbocycles. The largest absolute Gasteiger partial charge is 0.392 e. The summed E-state index contributed by atoms with van der Waals surface area (Å²) in [6, 6.07) is 0.668. The summed E-state index contributed by atoms with van der Waals surface area (Å²) in [5.74, 6) is 0.282. The van der Waals surface area contributed by atoms with Crippen molar-refractivity contribution in [1.29, 1.82) is 0 Å². The number of rotatable bonds is 3. The molecule has 0 aromatic rings. The lowest BCUT2D eigenvalue weighted by Crippen LogP contribution is -2.44. The van der Waals surface area contributed by atoms with Gasteiger partial charge in [0.05, 0.1) is 6.10 Å². The number of hydrogen-bond acceptors (Lipinski definition) is 4. The predicted octanol–water partition coefficient (Wildman–Crippen LogP) is 1.20. The molecular formula is C17H30N2O3. The summed E-state index contributed by atoms with van der Waals surface area (Å²) in [7, 11) is 0. The van der Waals surface area contributed by atoms with Gasteiger partial charge < -0.3 is 20.5 Å². The quantitative estimate of drug-likeness (QED) is 0.732. The Morgan fingerprint density at radius 1 is 1.27 bits per heavy atom. The molecule has 126 valence electrons. The van der Waals surface area contributed by atoms with Crippen LogP contribution in [0.2, 0.25) is 0 Å². The number of amides is 1. The Labute approximate surface area is 133 Å². The highest BCUT2D eigenvalue weighted by Crippen LogP contribution is 2.43. The van der Waals surface area contributed by atoms with Gasteiger partial charge in [-0.1, -0.05) is 19.8 Å². The van der Waals surface area contributed by atoms with Crippen LogP contribution in [0.5, 0.6) is 0 Å². The minimum Gasteiger partial charge on any atom is -0.392 e. The molecule has 1 amide bonds. The monoisotopic (exact) mass is 310 g/mol. The fourth-order valence-electron chi connectivity index (χ4n) is 4.46. The Morgan fingerprint density at radius 2 is 2.00 bits per heavy atom. The Morgan fingerprint density at radius 3 is 2.77 bits per heavy atom. The second-order valence-electron chi connectivity index (χ2n) is 7.56. The fourth-order valence-corrected chi connectivity index (χ4v) is 4.46. The van der Waals surface area contributed by atoms with E-state index in [9.17, 15) is 9.90 Å². The van der Waals surface area contributed by atoms with Gasteiger partial charge in [0.25, 0.3) is 0 Å². The molecule has 0 spiro atoms. The molecule has 0 aromatic carbocycles. The molecule has 0 bridgehead atoms. The van der Waals surface area contributed by atoms with Crippen LogP contribution < -0.4 is 10.6 Å². The summed E-state index contributed by atoms with van der Waals surface area (Å²) < 4.78 is 5.31. The molecule has 5 heteroatoms. The molecule has 3 aliphatic rings. The summed E-state index contributed by atoms with van der Waals surface area (Å²) in [6.45, 7) is 4.29. The molecule has 0 aromatic heterocycles. The number of nitrogens with one attached hydrogen (secondary N) is 2. The molecule has 0 radical (unpaired) electrons. The standard InChI is InChI=1S/C17H30N2O3/c1-17-10-13(19-14(17)4-2-3-5-15(17)20)11-18-16(21)12-6-8-22-9-7-12/h12-15,19-20H,2-11H2,1H3,(H,18,21)/t13-,14-,15+,17-/m1/s1. The van der Waals surface area contributed by atoms with Crippen molar-refractivity contribution in [1.82, 2.24) is 10.6 Å². The number of aliphatic hydroxyl groups excluding tert-OH is 1. The van der Waals surface area contributed by atoms with Crippen molar-refractivity contribution in [2.75, 3.05) is 19.8 Å². The van der Waals surface area contributed by atoms with Crippen LogP contribution in [0, 0.1) is 11.3 Å². The van der Waals surface area contributed by atoms with Gasteiger partial charge in [-0.2, -0.15) is 0 Å². The van der Waals surface area contributed by atoms with Crippen molar-refractivity contribution in [2.45, 2.75) is 70.1 Å². The van der Waals surface area contributed by atoms with Crippen LogP contribution in [-0.4, -0.2) is 49.0 Å². The average Bonchev–Trinajstić information content (AvgIpc) is 2.80. The van der Waals surface area contributed by atoms with Gasteiger partial charge in [0.15, 0.2) is 0 Å². The van der Waals surface area contributed by atoms with E-state index in [0.29, 0.717) is 25.8 Å². The molecular weight excluding hydrogens is 280 g/mol. The molecule has 3 rings (SSSR count). The summed E-state index contributed by atoms with van der Waals surface area (Å²) in [6.07, 6.45) is 6.77. The third-order valence-electron chi connectivity index (χ3n) is 6.02. The Bertz CT molecular complexity index is 397. The maximum absolute atomic E-state index is 12.2. The fraction of sp³-hybridized carbons (Fsp3) is 0.941. The first-order valence-corrected chi connectivity index (χ1v) is 8.89. The van der Waals surface area contributed by atoms with Gasteiger partial charge in [-0.3, -0.25) is 4.79 Å². The lowest BCUT2D eigenvalue weighted by Gasteiger charge is -2.33. The summed E-state index contributed by atoms with van der Waals surface area (Å²) in [4.78, 5) is 12.2. The zero-order valence-corrected chi connectivity index (χ0v) is 13.6. The third kappa shape index (κ3) is 3.31. The van der Waals surface area contributed by atoms with Gasteiger partial charge >= 0.3 is 0 Å². The van der Waals surface area contributed by atoms with Crippen LogP contribution in [0.15, 0.2) is 0 Å². The van der Waals surface area contributed by atoms with E-state index in [-0.39, 0.29) is 29.4 Å². The molecule has 0 unspecified atom stereocenters. The molecule has 3 N–H and O–H groups in total. The predicted molar refractivity (Wildman–Crippen MR) is 84.5 cm³/mol. The van der Waals surface area contributed by atoms with Gasteiger partial charge in [0, 0.05) is 43.2 Å². The lowest BCUT2D eigenvalue weighted by atomic mass is 9.75. The highest BCUT2D eigenvalue weighted by molar-refractivity contribution is 5.78. The van der Waals surface area contributed by atoms with Gasteiger partial charge in [0.1, 0.15) is 0 Å². The molecule has 4 atom stereocenters. The topological polar surface area (TPSA) is 70.6 Å². The number of carbonyl (C=O) groups is 1. The van der Waals surface area contributed by atoms with Crippen LogP contribution in [0.4, 0.5) is 0 Å². The van der Waals surface area contributed by atoms with E-state index in [1.54, 1.807) is 0 Å². The molecule has 22 heavy (non-hydrogen) atoms. The second-order valence-corrected chi connectivity index (χ2v) is 7.56. The normalized spacial score (nSPS) is 40.0. The van der Waals surface area contributed by atoms with Crippen LogP contribution in [-0.2, 0) is 9.53 Å². The van der Waals surface area contributed by atoms with Crippen molar-refractivity contribution >= 4 is 5.91 Å². The SMILES string of the molecule is C[C@@]12C[C@H](CNC(=O)C3CCOCC3)N[C@@H]1CCCC[C@@H]2O. The number of hydrogen-bond donors (Lipinski definition) is 3. The summed E-state index contributed by atoms with van der Waals surface area (Å²) in [5, 5.41) is 17.3. The first-order chi connectivity index (χ1) is 10.6. The van der Waals surface area contributed by atoms with Crippen molar-refractivity contribution < 1.29 is 14.6 Å². The van der Waals surface area contributed by atoms with Crippen LogP contribution >= 0.6 is 0 Å².